The van der Waals surface area contributed by atoms with E-state index in [1.54, 1.807) is 0 Å². The molecule has 0 saturated heterocycles. The summed E-state index contributed by atoms with van der Waals surface area (Å²) in [7, 11) is 0. The summed E-state index contributed by atoms with van der Waals surface area (Å²) in [6, 6.07) is 16.2. The second-order valence-electron chi connectivity index (χ2n) is 7.67. The molecule has 2 heterocycles. The number of amidine groups is 1. The molecule has 1 spiro atoms. The molecule has 4 nitrogen and oxygen atoms in total. The van der Waals surface area contributed by atoms with E-state index in [0.717, 1.165) is 31.4 Å². The molecule has 3 aliphatic rings. The zero-order chi connectivity index (χ0) is 17.7. The van der Waals surface area contributed by atoms with E-state index in [-0.39, 0.29) is 23.4 Å². The Morgan fingerprint density at radius 3 is 2.65 bits per heavy atom. The van der Waals surface area contributed by atoms with Gasteiger partial charge in [-0.1, -0.05) is 36.4 Å². The lowest BCUT2D eigenvalue weighted by Gasteiger charge is -2.39. The summed E-state index contributed by atoms with van der Waals surface area (Å²) in [6.45, 7) is 1.45. The molecule has 1 fully saturated rings. The Bertz CT molecular complexity index is 858. The van der Waals surface area contributed by atoms with Gasteiger partial charge in [0.1, 0.15) is 18.0 Å². The number of halogens is 1. The molecule has 1 atom stereocenters. The standard InChI is InChI=1S/C21H22FN3O/c22-16-7-5-15(6-8-16)19-18-4-2-1-3-14(18)9-10-25(19)20-24-21(13-26-20)11-17(23)12-21/h1-8,17,19H,9-13,23H2/t17-,19-,21-/m0/s1. The number of ether oxygens (including phenoxy) is 1. The summed E-state index contributed by atoms with van der Waals surface area (Å²) in [6.07, 6.45) is 2.73. The summed E-state index contributed by atoms with van der Waals surface area (Å²) in [4.78, 5) is 7.16. The second-order valence-corrected chi connectivity index (χ2v) is 7.67. The topological polar surface area (TPSA) is 50.9 Å². The van der Waals surface area contributed by atoms with E-state index in [2.05, 4.69) is 29.2 Å². The number of benzene rings is 2. The van der Waals surface area contributed by atoms with Crippen molar-refractivity contribution in [2.24, 2.45) is 10.7 Å². The van der Waals surface area contributed by atoms with Crippen molar-refractivity contribution in [3.8, 4) is 0 Å². The van der Waals surface area contributed by atoms with Crippen LogP contribution in [-0.2, 0) is 11.2 Å². The molecule has 2 aliphatic heterocycles. The number of nitrogens with two attached hydrogens (primary N) is 1. The van der Waals surface area contributed by atoms with Crippen molar-refractivity contribution in [1.82, 2.24) is 4.90 Å². The molecule has 0 radical (unpaired) electrons. The van der Waals surface area contributed by atoms with Crippen LogP contribution in [0.15, 0.2) is 53.5 Å². The van der Waals surface area contributed by atoms with Gasteiger partial charge in [-0.2, -0.15) is 0 Å². The maximum atomic E-state index is 13.5. The fraction of sp³-hybridized carbons (Fsp3) is 0.381. The molecule has 134 valence electrons. The third-order valence-corrected chi connectivity index (χ3v) is 5.80. The molecular formula is C21H22FN3O. The summed E-state index contributed by atoms with van der Waals surface area (Å²) in [5.41, 5.74) is 9.47. The van der Waals surface area contributed by atoms with Crippen molar-refractivity contribution in [3.63, 3.8) is 0 Å². The maximum Gasteiger partial charge on any atom is 0.288 e. The first-order valence-electron chi connectivity index (χ1n) is 9.22. The van der Waals surface area contributed by atoms with Gasteiger partial charge < -0.3 is 15.4 Å². The predicted octanol–water partition coefficient (Wildman–Crippen LogP) is 3.02. The highest BCUT2D eigenvalue weighted by atomic mass is 19.1. The van der Waals surface area contributed by atoms with Crippen molar-refractivity contribution < 1.29 is 9.13 Å². The fourth-order valence-electron chi connectivity index (χ4n) is 4.52. The van der Waals surface area contributed by atoms with Crippen molar-refractivity contribution >= 4 is 6.02 Å². The smallest absolute Gasteiger partial charge is 0.288 e. The Balaban J connectivity index is 1.55. The molecular weight excluding hydrogens is 329 g/mol. The van der Waals surface area contributed by atoms with Crippen LogP contribution in [0.2, 0.25) is 0 Å². The number of aliphatic imine (C=N–C) groups is 1. The fourth-order valence-corrected chi connectivity index (χ4v) is 4.52. The van der Waals surface area contributed by atoms with E-state index in [0.29, 0.717) is 12.6 Å². The van der Waals surface area contributed by atoms with Gasteiger partial charge in [-0.25, -0.2) is 9.38 Å². The van der Waals surface area contributed by atoms with Gasteiger partial charge >= 0.3 is 0 Å². The average Bonchev–Trinajstić information content (AvgIpc) is 3.06. The van der Waals surface area contributed by atoms with E-state index in [1.807, 2.05) is 12.1 Å². The number of hydrogen-bond acceptors (Lipinski definition) is 4. The predicted molar refractivity (Wildman–Crippen MR) is 98.4 cm³/mol. The van der Waals surface area contributed by atoms with E-state index in [1.165, 1.54) is 23.3 Å². The summed E-state index contributed by atoms with van der Waals surface area (Å²) < 4.78 is 19.5. The number of nitrogens with zero attached hydrogens (tertiary/aromatic N) is 2. The number of rotatable bonds is 1. The van der Waals surface area contributed by atoms with Gasteiger partial charge in [0.05, 0.1) is 6.04 Å². The highest BCUT2D eigenvalue weighted by Gasteiger charge is 2.49. The van der Waals surface area contributed by atoms with Gasteiger partial charge in [0.2, 0.25) is 0 Å². The molecule has 0 amide bonds. The second kappa shape index (κ2) is 5.81. The summed E-state index contributed by atoms with van der Waals surface area (Å²) in [5.74, 6) is -0.221. The van der Waals surface area contributed by atoms with Crippen LogP contribution < -0.4 is 5.73 Å². The van der Waals surface area contributed by atoms with Gasteiger partial charge in [0.25, 0.3) is 6.02 Å². The molecule has 5 heteroatoms. The summed E-state index contributed by atoms with van der Waals surface area (Å²) >= 11 is 0. The van der Waals surface area contributed by atoms with Crippen molar-refractivity contribution in [2.75, 3.05) is 13.2 Å². The molecule has 0 bridgehead atoms. The molecule has 26 heavy (non-hydrogen) atoms. The van der Waals surface area contributed by atoms with Crippen LogP contribution in [-0.4, -0.2) is 35.7 Å². The Hall–Kier alpha value is -2.40. The van der Waals surface area contributed by atoms with Crippen LogP contribution in [0, 0.1) is 5.82 Å². The Labute approximate surface area is 152 Å². The van der Waals surface area contributed by atoms with Crippen LogP contribution >= 0.6 is 0 Å². The van der Waals surface area contributed by atoms with Crippen LogP contribution in [0.1, 0.15) is 35.6 Å². The normalized spacial score (nSPS) is 29.8. The minimum atomic E-state index is -0.221. The molecule has 2 N–H and O–H groups in total. The van der Waals surface area contributed by atoms with E-state index >= 15 is 0 Å². The highest BCUT2D eigenvalue weighted by molar-refractivity contribution is 5.78. The Morgan fingerprint density at radius 2 is 1.88 bits per heavy atom. The third kappa shape index (κ3) is 2.50. The maximum absolute atomic E-state index is 13.5. The summed E-state index contributed by atoms with van der Waals surface area (Å²) in [5, 5.41) is 0. The first-order chi connectivity index (χ1) is 12.6. The van der Waals surface area contributed by atoms with Gasteiger partial charge in [0, 0.05) is 12.6 Å². The molecule has 1 aliphatic carbocycles. The monoisotopic (exact) mass is 351 g/mol. The zero-order valence-electron chi connectivity index (χ0n) is 14.6. The van der Waals surface area contributed by atoms with E-state index in [9.17, 15) is 4.39 Å². The largest absolute Gasteiger partial charge is 0.463 e. The van der Waals surface area contributed by atoms with Crippen molar-refractivity contribution in [2.45, 2.75) is 36.9 Å². The SMILES string of the molecule is N[C@H]1C[C@@]2(COC(N3CCc4ccccc4[C@@H]3c3ccc(F)cc3)=N2)C1. The quantitative estimate of drug-likeness (QED) is 0.859. The first-order valence-corrected chi connectivity index (χ1v) is 9.22. The number of fused-ring (bicyclic) bond motifs is 1. The lowest BCUT2D eigenvalue weighted by atomic mass is 9.74. The first kappa shape index (κ1) is 15.8. The Kier molecular flexibility index (Phi) is 3.54. The molecule has 2 aromatic carbocycles. The van der Waals surface area contributed by atoms with Crippen LogP contribution in [0.4, 0.5) is 4.39 Å². The minimum absolute atomic E-state index is 0.0109. The highest BCUT2D eigenvalue weighted by Crippen LogP contribution is 2.42. The molecule has 0 unspecified atom stereocenters. The van der Waals surface area contributed by atoms with Gasteiger partial charge in [0.15, 0.2) is 0 Å². The average molecular weight is 351 g/mol. The Morgan fingerprint density at radius 1 is 1.12 bits per heavy atom. The van der Waals surface area contributed by atoms with E-state index < -0.39 is 0 Å². The van der Waals surface area contributed by atoms with Crippen molar-refractivity contribution in [3.05, 3.63) is 71.0 Å². The minimum Gasteiger partial charge on any atom is -0.463 e. The number of hydrogen-bond donors (Lipinski definition) is 1. The molecule has 0 aromatic heterocycles. The zero-order valence-corrected chi connectivity index (χ0v) is 14.6. The van der Waals surface area contributed by atoms with Gasteiger partial charge in [-0.15, -0.1) is 0 Å². The lowest BCUT2D eigenvalue weighted by Crippen LogP contribution is -2.51. The van der Waals surface area contributed by atoms with Gasteiger partial charge in [-0.05, 0) is 48.1 Å². The van der Waals surface area contributed by atoms with Crippen LogP contribution in [0.3, 0.4) is 0 Å². The van der Waals surface area contributed by atoms with Crippen molar-refractivity contribution in [1.29, 1.82) is 0 Å². The van der Waals surface area contributed by atoms with Gasteiger partial charge in [-0.3, -0.25) is 0 Å². The molecule has 1 saturated carbocycles. The molecule has 2 aromatic rings. The third-order valence-electron chi connectivity index (χ3n) is 5.80. The molecule has 5 rings (SSSR count). The van der Waals surface area contributed by atoms with Crippen LogP contribution in [0.5, 0.6) is 0 Å². The van der Waals surface area contributed by atoms with E-state index in [4.69, 9.17) is 15.5 Å². The van der Waals surface area contributed by atoms with Crippen LogP contribution in [0.25, 0.3) is 0 Å². The lowest BCUT2D eigenvalue weighted by molar-refractivity contribution is 0.140.